The molecule has 6 nitrogen and oxygen atoms in total. The van der Waals surface area contributed by atoms with Gasteiger partial charge in [-0.2, -0.15) is 0 Å². The molecule has 0 unspecified atom stereocenters. The molecule has 0 aliphatic carbocycles. The summed E-state index contributed by atoms with van der Waals surface area (Å²) in [7, 11) is 1.82. The van der Waals surface area contributed by atoms with Crippen LogP contribution in [-0.4, -0.2) is 32.3 Å². The van der Waals surface area contributed by atoms with Gasteiger partial charge in [0, 0.05) is 49.6 Å². The van der Waals surface area contributed by atoms with Crippen LogP contribution in [0.25, 0.3) is 33.1 Å². The van der Waals surface area contributed by atoms with Crippen LogP contribution in [0.3, 0.4) is 0 Å². The Kier molecular flexibility index (Phi) is 3.79. The van der Waals surface area contributed by atoms with Crippen LogP contribution < -0.4 is 5.69 Å². The quantitative estimate of drug-likeness (QED) is 0.550. The molecule has 5 rings (SSSR count). The first-order valence-corrected chi connectivity index (χ1v) is 9.22. The minimum atomic E-state index is 0.0120. The first-order chi connectivity index (χ1) is 13.2. The number of nitrogens with zero attached hydrogens (tertiary/aromatic N) is 4. The summed E-state index contributed by atoms with van der Waals surface area (Å²) >= 11 is 0. The van der Waals surface area contributed by atoms with E-state index < -0.39 is 0 Å². The molecule has 4 heterocycles. The van der Waals surface area contributed by atoms with Crippen LogP contribution in [0.5, 0.6) is 0 Å². The molecule has 136 valence electrons. The second-order valence-electron chi connectivity index (χ2n) is 7.02. The highest BCUT2D eigenvalue weighted by atomic mass is 16.5. The average molecular weight is 360 g/mol. The van der Waals surface area contributed by atoms with Gasteiger partial charge in [0.2, 0.25) is 0 Å². The van der Waals surface area contributed by atoms with Crippen molar-refractivity contribution in [3.63, 3.8) is 0 Å². The second kappa shape index (κ2) is 6.32. The van der Waals surface area contributed by atoms with Crippen LogP contribution in [-0.2, 0) is 11.8 Å². The minimum Gasteiger partial charge on any atom is -0.381 e. The number of hydrogen-bond donors (Lipinski definition) is 0. The molecule has 6 heteroatoms. The Hall–Kier alpha value is -2.99. The number of benzene rings is 1. The molecule has 0 bridgehead atoms. The Morgan fingerprint density at radius 3 is 2.74 bits per heavy atom. The van der Waals surface area contributed by atoms with Gasteiger partial charge in [0.25, 0.3) is 0 Å². The van der Waals surface area contributed by atoms with Gasteiger partial charge in [-0.15, -0.1) is 0 Å². The summed E-state index contributed by atoms with van der Waals surface area (Å²) in [5.74, 6) is 0. The number of fused-ring (bicyclic) bond motifs is 3. The largest absolute Gasteiger partial charge is 0.381 e. The highest BCUT2D eigenvalue weighted by molar-refractivity contribution is 6.04. The molecule has 1 aliphatic heterocycles. The Morgan fingerprint density at radius 1 is 1.11 bits per heavy atom. The fourth-order valence-electron chi connectivity index (χ4n) is 4.02. The lowest BCUT2D eigenvalue weighted by atomic mass is 10.0. The first-order valence-electron chi connectivity index (χ1n) is 9.22. The summed E-state index contributed by atoms with van der Waals surface area (Å²) in [4.78, 5) is 21.8. The third kappa shape index (κ3) is 2.56. The smallest absolute Gasteiger partial charge is 0.329 e. The van der Waals surface area contributed by atoms with Crippen molar-refractivity contribution in [3.8, 4) is 11.1 Å². The van der Waals surface area contributed by atoms with Crippen LogP contribution in [0.4, 0.5) is 0 Å². The molecule has 1 saturated heterocycles. The molecule has 0 atom stereocenters. The number of ether oxygens (including phenoxy) is 1. The van der Waals surface area contributed by atoms with Crippen molar-refractivity contribution in [1.82, 2.24) is 19.1 Å². The molecule has 1 fully saturated rings. The Labute approximate surface area is 156 Å². The van der Waals surface area contributed by atoms with Gasteiger partial charge in [0.15, 0.2) is 0 Å². The second-order valence-corrected chi connectivity index (χ2v) is 7.02. The van der Waals surface area contributed by atoms with Crippen LogP contribution in [0.15, 0.2) is 53.7 Å². The molecule has 0 saturated carbocycles. The highest BCUT2D eigenvalue weighted by Gasteiger charge is 2.23. The van der Waals surface area contributed by atoms with E-state index >= 15 is 0 Å². The van der Waals surface area contributed by atoms with Gasteiger partial charge >= 0.3 is 5.69 Å². The van der Waals surface area contributed by atoms with E-state index in [0.29, 0.717) is 13.2 Å². The number of aromatic nitrogens is 4. The van der Waals surface area contributed by atoms with Crippen LogP contribution in [0.2, 0.25) is 0 Å². The summed E-state index contributed by atoms with van der Waals surface area (Å²) in [5.41, 5.74) is 4.85. The van der Waals surface area contributed by atoms with Gasteiger partial charge in [-0.1, -0.05) is 12.1 Å². The van der Waals surface area contributed by atoms with Crippen LogP contribution in [0.1, 0.15) is 18.9 Å². The Bertz CT molecular complexity index is 1190. The molecule has 3 aromatic heterocycles. The van der Waals surface area contributed by atoms with Gasteiger partial charge in [-0.3, -0.25) is 19.1 Å². The summed E-state index contributed by atoms with van der Waals surface area (Å²) in [6.45, 7) is 1.38. The summed E-state index contributed by atoms with van der Waals surface area (Å²) < 4.78 is 9.16. The topological polar surface area (TPSA) is 61.9 Å². The van der Waals surface area contributed by atoms with E-state index in [2.05, 4.69) is 22.1 Å². The van der Waals surface area contributed by atoms with E-state index in [1.165, 1.54) is 0 Å². The first kappa shape index (κ1) is 16.2. The summed E-state index contributed by atoms with van der Waals surface area (Å²) in [6, 6.07) is 10.3. The van der Waals surface area contributed by atoms with Crippen LogP contribution in [0, 0.1) is 0 Å². The number of pyridine rings is 2. The average Bonchev–Trinajstić information content (AvgIpc) is 3.00. The van der Waals surface area contributed by atoms with Crippen molar-refractivity contribution in [3.05, 3.63) is 59.4 Å². The zero-order valence-electron chi connectivity index (χ0n) is 15.1. The third-order valence-corrected chi connectivity index (χ3v) is 5.47. The van der Waals surface area contributed by atoms with Gasteiger partial charge in [-0.25, -0.2) is 4.79 Å². The fourth-order valence-corrected chi connectivity index (χ4v) is 4.02. The normalized spacial score (nSPS) is 15.6. The monoisotopic (exact) mass is 360 g/mol. The van der Waals surface area contributed by atoms with Crippen molar-refractivity contribution in [2.45, 2.75) is 18.9 Å². The molecular weight excluding hydrogens is 340 g/mol. The van der Waals surface area contributed by atoms with E-state index in [4.69, 9.17) is 4.74 Å². The van der Waals surface area contributed by atoms with Crippen LogP contribution >= 0.6 is 0 Å². The zero-order valence-corrected chi connectivity index (χ0v) is 15.1. The fraction of sp³-hybridized carbons (Fsp3) is 0.286. The molecule has 0 spiro atoms. The summed E-state index contributed by atoms with van der Waals surface area (Å²) in [5, 5.41) is 0.998. The van der Waals surface area contributed by atoms with E-state index in [-0.39, 0.29) is 11.7 Å². The van der Waals surface area contributed by atoms with E-state index in [0.717, 1.165) is 45.9 Å². The lowest BCUT2D eigenvalue weighted by molar-refractivity contribution is 0.0697. The highest BCUT2D eigenvalue weighted by Crippen LogP contribution is 2.31. The standard InChI is InChI=1S/C21H20N4O2/c1-24-19-13-23-18-5-4-14(15-3-2-8-22-12-15)11-17(18)20(19)25(21(24)26)16-6-9-27-10-7-16/h2-5,8,11-13,16H,6-7,9-10H2,1H3. The maximum Gasteiger partial charge on any atom is 0.329 e. The minimum absolute atomic E-state index is 0.0120. The van der Waals surface area contributed by atoms with Gasteiger partial charge in [0.1, 0.15) is 0 Å². The molecular formula is C21H20N4O2. The van der Waals surface area contributed by atoms with Crippen molar-refractivity contribution < 1.29 is 4.74 Å². The van der Waals surface area contributed by atoms with E-state index in [1.54, 1.807) is 17.0 Å². The van der Waals surface area contributed by atoms with Crippen molar-refractivity contribution >= 4 is 21.9 Å². The van der Waals surface area contributed by atoms with Gasteiger partial charge in [0.05, 0.1) is 22.7 Å². The predicted molar refractivity (Wildman–Crippen MR) is 105 cm³/mol. The Balaban J connectivity index is 1.82. The lowest BCUT2D eigenvalue weighted by Crippen LogP contribution is -2.29. The van der Waals surface area contributed by atoms with Crippen molar-refractivity contribution in [2.75, 3.05) is 13.2 Å². The SMILES string of the molecule is Cn1c(=O)n(C2CCOCC2)c2c3cc(-c4cccnc4)ccc3ncc21. The maximum absolute atomic E-state index is 13.0. The lowest BCUT2D eigenvalue weighted by Gasteiger charge is -2.23. The van der Waals surface area contributed by atoms with Crippen molar-refractivity contribution in [1.29, 1.82) is 0 Å². The molecule has 27 heavy (non-hydrogen) atoms. The third-order valence-electron chi connectivity index (χ3n) is 5.47. The molecule has 4 aromatic rings. The van der Waals surface area contributed by atoms with Crippen molar-refractivity contribution in [2.24, 2.45) is 7.05 Å². The van der Waals surface area contributed by atoms with Gasteiger partial charge in [-0.05, 0) is 36.6 Å². The van der Waals surface area contributed by atoms with E-state index in [9.17, 15) is 4.79 Å². The van der Waals surface area contributed by atoms with Gasteiger partial charge < -0.3 is 4.74 Å². The maximum atomic E-state index is 13.0. The predicted octanol–water partition coefficient (Wildman–Crippen LogP) is 3.30. The number of rotatable bonds is 2. The molecule has 1 aromatic carbocycles. The number of aryl methyl sites for hydroxylation is 1. The molecule has 1 aliphatic rings. The molecule has 0 N–H and O–H groups in total. The molecule has 0 radical (unpaired) electrons. The summed E-state index contributed by atoms with van der Waals surface area (Å²) in [6.07, 6.45) is 7.13. The number of imidazole rings is 1. The van der Waals surface area contributed by atoms with E-state index in [1.807, 2.05) is 36.0 Å². The zero-order chi connectivity index (χ0) is 18.4. The number of hydrogen-bond acceptors (Lipinski definition) is 4. The molecule has 0 amide bonds. The Morgan fingerprint density at radius 2 is 1.96 bits per heavy atom.